The number of carboxylic acid groups (broad SMARTS) is 1. The Morgan fingerprint density at radius 3 is 2.61 bits per heavy atom. The minimum absolute atomic E-state index is 0.182. The molecule has 0 spiro atoms. The molecule has 0 bridgehead atoms. The SMILES string of the molecule is O=C(O)CNc1nc(Nc2ccccc2F)nc2ccccc12. The predicted octanol–water partition coefficient (Wildman–Crippen LogP) is 3.01. The van der Waals surface area contributed by atoms with Crippen molar-refractivity contribution in [1.29, 1.82) is 0 Å². The Balaban J connectivity index is 2.00. The maximum Gasteiger partial charge on any atom is 0.322 e. The van der Waals surface area contributed by atoms with Crippen molar-refractivity contribution in [2.24, 2.45) is 0 Å². The number of halogens is 1. The Morgan fingerprint density at radius 1 is 1.09 bits per heavy atom. The largest absolute Gasteiger partial charge is 0.480 e. The summed E-state index contributed by atoms with van der Waals surface area (Å²) in [5.41, 5.74) is 0.862. The van der Waals surface area contributed by atoms with Crippen molar-refractivity contribution in [2.45, 2.75) is 0 Å². The molecule has 0 saturated carbocycles. The van der Waals surface area contributed by atoms with E-state index in [1.807, 2.05) is 12.1 Å². The second-order valence-electron chi connectivity index (χ2n) is 4.77. The highest BCUT2D eigenvalue weighted by Crippen LogP contribution is 2.24. The number of aromatic nitrogens is 2. The third kappa shape index (κ3) is 3.34. The maximum absolute atomic E-state index is 13.7. The van der Waals surface area contributed by atoms with Crippen molar-refractivity contribution in [3.8, 4) is 0 Å². The number of rotatable bonds is 5. The average molecular weight is 312 g/mol. The molecular formula is C16H13FN4O2. The minimum Gasteiger partial charge on any atom is -0.480 e. The Hall–Kier alpha value is -3.22. The molecule has 0 aliphatic heterocycles. The molecule has 0 radical (unpaired) electrons. The standard InChI is InChI=1S/C16H13FN4O2/c17-11-6-2-4-8-13(11)20-16-19-12-7-3-1-5-10(12)15(21-16)18-9-14(22)23/h1-8H,9H2,(H,22,23)(H2,18,19,20,21). The lowest BCUT2D eigenvalue weighted by Crippen LogP contribution is -2.14. The maximum atomic E-state index is 13.7. The second kappa shape index (κ2) is 6.27. The van der Waals surface area contributed by atoms with E-state index in [1.54, 1.807) is 30.3 Å². The Morgan fingerprint density at radius 2 is 1.83 bits per heavy atom. The van der Waals surface area contributed by atoms with Gasteiger partial charge in [0, 0.05) is 5.39 Å². The van der Waals surface area contributed by atoms with Crippen LogP contribution in [-0.2, 0) is 4.79 Å². The molecule has 3 rings (SSSR count). The summed E-state index contributed by atoms with van der Waals surface area (Å²) in [6.45, 7) is -0.278. The normalized spacial score (nSPS) is 10.5. The first-order valence-electron chi connectivity index (χ1n) is 6.87. The summed E-state index contributed by atoms with van der Waals surface area (Å²) in [5.74, 6) is -0.876. The lowest BCUT2D eigenvalue weighted by molar-refractivity contribution is -0.134. The molecule has 1 aromatic heterocycles. The van der Waals surface area contributed by atoms with Gasteiger partial charge in [0.15, 0.2) is 0 Å². The van der Waals surface area contributed by atoms with Crippen molar-refractivity contribution in [3.05, 3.63) is 54.3 Å². The van der Waals surface area contributed by atoms with Crippen LogP contribution in [0.1, 0.15) is 0 Å². The summed E-state index contributed by atoms with van der Waals surface area (Å²) in [6, 6.07) is 13.3. The number of nitrogens with one attached hydrogen (secondary N) is 2. The molecule has 7 heteroatoms. The zero-order valence-corrected chi connectivity index (χ0v) is 12.0. The van der Waals surface area contributed by atoms with Crippen LogP contribution in [0.2, 0.25) is 0 Å². The summed E-state index contributed by atoms with van der Waals surface area (Å²) < 4.78 is 13.7. The highest BCUT2D eigenvalue weighted by Gasteiger charge is 2.10. The summed E-state index contributed by atoms with van der Waals surface area (Å²) in [7, 11) is 0. The smallest absolute Gasteiger partial charge is 0.322 e. The van der Waals surface area contributed by atoms with Gasteiger partial charge in [-0.3, -0.25) is 4.79 Å². The molecule has 116 valence electrons. The number of benzene rings is 2. The molecule has 0 aliphatic rings. The Kier molecular flexibility index (Phi) is 4.01. The third-order valence-corrected chi connectivity index (χ3v) is 3.13. The van der Waals surface area contributed by atoms with Gasteiger partial charge in [-0.1, -0.05) is 24.3 Å². The molecule has 6 nitrogen and oxygen atoms in total. The quantitative estimate of drug-likeness (QED) is 0.671. The highest BCUT2D eigenvalue weighted by molar-refractivity contribution is 5.91. The van der Waals surface area contributed by atoms with Crippen LogP contribution in [0.25, 0.3) is 10.9 Å². The van der Waals surface area contributed by atoms with E-state index in [0.717, 1.165) is 0 Å². The van der Waals surface area contributed by atoms with Crippen molar-refractivity contribution in [2.75, 3.05) is 17.2 Å². The topological polar surface area (TPSA) is 87.1 Å². The van der Waals surface area contributed by atoms with E-state index in [0.29, 0.717) is 16.7 Å². The van der Waals surface area contributed by atoms with Crippen LogP contribution in [0.3, 0.4) is 0 Å². The number of para-hydroxylation sites is 2. The van der Waals surface area contributed by atoms with Gasteiger partial charge in [0.2, 0.25) is 5.95 Å². The first-order valence-corrected chi connectivity index (χ1v) is 6.87. The van der Waals surface area contributed by atoms with E-state index in [-0.39, 0.29) is 18.2 Å². The fourth-order valence-electron chi connectivity index (χ4n) is 2.11. The summed E-state index contributed by atoms with van der Waals surface area (Å²) >= 11 is 0. The van der Waals surface area contributed by atoms with Gasteiger partial charge in [-0.25, -0.2) is 9.37 Å². The van der Waals surface area contributed by atoms with Crippen LogP contribution in [0.5, 0.6) is 0 Å². The molecule has 0 fully saturated rings. The van der Waals surface area contributed by atoms with Crippen molar-refractivity contribution in [1.82, 2.24) is 9.97 Å². The number of aliphatic carboxylic acids is 1. The minimum atomic E-state index is -1.00. The lowest BCUT2D eigenvalue weighted by Gasteiger charge is -2.11. The molecule has 0 saturated heterocycles. The highest BCUT2D eigenvalue weighted by atomic mass is 19.1. The van der Waals surface area contributed by atoms with Gasteiger partial charge >= 0.3 is 5.97 Å². The monoisotopic (exact) mass is 312 g/mol. The molecule has 0 unspecified atom stereocenters. The zero-order valence-electron chi connectivity index (χ0n) is 12.0. The average Bonchev–Trinajstić information content (AvgIpc) is 2.54. The van der Waals surface area contributed by atoms with Crippen LogP contribution in [0.15, 0.2) is 48.5 Å². The van der Waals surface area contributed by atoms with Gasteiger partial charge in [0.25, 0.3) is 0 Å². The van der Waals surface area contributed by atoms with E-state index in [1.165, 1.54) is 6.07 Å². The van der Waals surface area contributed by atoms with Gasteiger partial charge in [0.1, 0.15) is 18.2 Å². The number of anilines is 3. The van der Waals surface area contributed by atoms with Gasteiger partial charge in [-0.2, -0.15) is 4.98 Å². The first kappa shape index (κ1) is 14.7. The summed E-state index contributed by atoms with van der Waals surface area (Å²) in [6.07, 6.45) is 0. The fourth-order valence-corrected chi connectivity index (χ4v) is 2.11. The molecule has 0 amide bonds. The molecule has 0 atom stereocenters. The molecule has 2 aromatic carbocycles. The van der Waals surface area contributed by atoms with E-state index < -0.39 is 11.8 Å². The Bertz CT molecular complexity index is 870. The van der Waals surface area contributed by atoms with Crippen LogP contribution < -0.4 is 10.6 Å². The van der Waals surface area contributed by atoms with Crippen molar-refractivity contribution < 1.29 is 14.3 Å². The Labute approximate surface area is 131 Å². The van der Waals surface area contributed by atoms with Crippen molar-refractivity contribution in [3.63, 3.8) is 0 Å². The fraction of sp³-hybridized carbons (Fsp3) is 0.0625. The number of carbonyl (C=O) groups is 1. The number of fused-ring (bicyclic) bond motifs is 1. The zero-order chi connectivity index (χ0) is 16.2. The molecule has 1 heterocycles. The van der Waals surface area contributed by atoms with Gasteiger partial charge in [-0.15, -0.1) is 0 Å². The summed E-state index contributed by atoms with van der Waals surface area (Å²) in [5, 5.41) is 15.1. The van der Waals surface area contributed by atoms with E-state index in [4.69, 9.17) is 5.11 Å². The molecule has 23 heavy (non-hydrogen) atoms. The van der Waals surface area contributed by atoms with E-state index in [9.17, 15) is 9.18 Å². The number of carboxylic acids is 1. The second-order valence-corrected chi connectivity index (χ2v) is 4.77. The van der Waals surface area contributed by atoms with Crippen LogP contribution in [-0.4, -0.2) is 27.6 Å². The van der Waals surface area contributed by atoms with Gasteiger partial charge in [-0.05, 0) is 24.3 Å². The first-order chi connectivity index (χ1) is 11.1. The number of hydrogen-bond acceptors (Lipinski definition) is 5. The number of nitrogens with zero attached hydrogens (tertiary/aromatic N) is 2. The molecule has 3 N–H and O–H groups in total. The van der Waals surface area contributed by atoms with E-state index >= 15 is 0 Å². The number of hydrogen-bond donors (Lipinski definition) is 3. The van der Waals surface area contributed by atoms with Crippen molar-refractivity contribution >= 4 is 34.3 Å². The van der Waals surface area contributed by atoms with Gasteiger partial charge in [0.05, 0.1) is 11.2 Å². The molecule has 0 aliphatic carbocycles. The third-order valence-electron chi connectivity index (χ3n) is 3.13. The lowest BCUT2D eigenvalue weighted by atomic mass is 10.2. The molecular weight excluding hydrogens is 299 g/mol. The summed E-state index contributed by atoms with van der Waals surface area (Å²) in [4.78, 5) is 19.3. The van der Waals surface area contributed by atoms with Crippen LogP contribution >= 0.6 is 0 Å². The molecule has 3 aromatic rings. The van der Waals surface area contributed by atoms with E-state index in [2.05, 4.69) is 20.6 Å². The van der Waals surface area contributed by atoms with Gasteiger partial charge < -0.3 is 15.7 Å². The van der Waals surface area contributed by atoms with Crippen LogP contribution in [0.4, 0.5) is 21.8 Å². The van der Waals surface area contributed by atoms with Crippen LogP contribution in [0, 0.1) is 5.82 Å². The predicted molar refractivity (Wildman–Crippen MR) is 85.3 cm³/mol.